The highest BCUT2D eigenvalue weighted by atomic mass is 16.5. The maximum atomic E-state index is 12.3. The van der Waals surface area contributed by atoms with Gasteiger partial charge in [-0.1, -0.05) is 31.9 Å². The number of unbranched alkanes of at least 4 members (excludes halogenated alkanes) is 2. The number of ether oxygens (including phenoxy) is 2. The van der Waals surface area contributed by atoms with Crippen LogP contribution in [0.1, 0.15) is 32.6 Å². The number of amides is 2. The predicted molar refractivity (Wildman–Crippen MR) is 120 cm³/mol. The van der Waals surface area contributed by atoms with E-state index in [1.54, 1.807) is 19.2 Å². The van der Waals surface area contributed by atoms with Gasteiger partial charge in [-0.3, -0.25) is 9.59 Å². The van der Waals surface area contributed by atoms with E-state index in [9.17, 15) is 9.59 Å². The van der Waals surface area contributed by atoms with Crippen molar-refractivity contribution in [2.75, 3.05) is 42.8 Å². The van der Waals surface area contributed by atoms with Crippen LogP contribution >= 0.6 is 0 Å². The number of benzene rings is 2. The van der Waals surface area contributed by atoms with Crippen LogP contribution in [0.15, 0.2) is 48.5 Å². The first-order valence-corrected chi connectivity index (χ1v) is 10.3. The second-order valence-electron chi connectivity index (χ2n) is 6.86. The van der Waals surface area contributed by atoms with Crippen LogP contribution in [0, 0.1) is 0 Å². The normalized spacial score (nSPS) is 10.3. The quantitative estimate of drug-likeness (QED) is 0.427. The minimum Gasteiger partial charge on any atom is -0.491 e. The average Bonchev–Trinajstić information content (AvgIpc) is 2.73. The zero-order chi connectivity index (χ0) is 21.6. The first-order chi connectivity index (χ1) is 14.6. The molecule has 0 fully saturated rings. The molecule has 0 aliphatic rings. The van der Waals surface area contributed by atoms with Crippen LogP contribution in [0.3, 0.4) is 0 Å². The van der Waals surface area contributed by atoms with Gasteiger partial charge in [-0.05, 0) is 36.8 Å². The summed E-state index contributed by atoms with van der Waals surface area (Å²) in [6, 6.07) is 14.5. The van der Waals surface area contributed by atoms with Crippen molar-refractivity contribution < 1.29 is 19.1 Å². The molecule has 7 nitrogen and oxygen atoms in total. The Morgan fingerprint density at radius 2 is 1.57 bits per heavy atom. The molecule has 0 aromatic heterocycles. The second kappa shape index (κ2) is 13.2. The summed E-state index contributed by atoms with van der Waals surface area (Å²) in [5.41, 5.74) is 2.13. The molecule has 0 spiro atoms. The zero-order valence-corrected chi connectivity index (χ0v) is 17.7. The minimum atomic E-state index is -0.182. The maximum absolute atomic E-state index is 12.3. The van der Waals surface area contributed by atoms with Crippen molar-refractivity contribution in [2.45, 2.75) is 32.6 Å². The number of hydrogen-bond donors (Lipinski definition) is 3. The summed E-state index contributed by atoms with van der Waals surface area (Å²) >= 11 is 0. The van der Waals surface area contributed by atoms with E-state index in [-0.39, 0.29) is 18.4 Å². The van der Waals surface area contributed by atoms with Gasteiger partial charge in [-0.25, -0.2) is 0 Å². The number of carbonyl (C=O) groups is 2. The summed E-state index contributed by atoms with van der Waals surface area (Å²) in [6.07, 6.45) is 3.54. The number of rotatable bonds is 13. The number of anilines is 3. The van der Waals surface area contributed by atoms with Crippen molar-refractivity contribution in [1.29, 1.82) is 0 Å². The van der Waals surface area contributed by atoms with E-state index in [1.165, 1.54) is 0 Å². The van der Waals surface area contributed by atoms with E-state index in [4.69, 9.17) is 9.47 Å². The molecule has 162 valence electrons. The van der Waals surface area contributed by atoms with Crippen LogP contribution in [0.5, 0.6) is 5.75 Å². The molecule has 0 radical (unpaired) electrons. The van der Waals surface area contributed by atoms with Crippen molar-refractivity contribution in [2.24, 2.45) is 0 Å². The summed E-state index contributed by atoms with van der Waals surface area (Å²) < 4.78 is 10.5. The van der Waals surface area contributed by atoms with Gasteiger partial charge >= 0.3 is 0 Å². The number of carbonyl (C=O) groups excluding carboxylic acids is 2. The Bertz CT molecular complexity index is 811. The van der Waals surface area contributed by atoms with Crippen LogP contribution in [-0.4, -0.2) is 38.7 Å². The Kier molecular flexibility index (Phi) is 10.2. The lowest BCUT2D eigenvalue weighted by atomic mass is 10.2. The van der Waals surface area contributed by atoms with Crippen molar-refractivity contribution in [3.8, 4) is 5.75 Å². The molecule has 30 heavy (non-hydrogen) atoms. The molecule has 0 aliphatic heterocycles. The van der Waals surface area contributed by atoms with Gasteiger partial charge in [-0.2, -0.15) is 0 Å². The Morgan fingerprint density at radius 3 is 2.33 bits per heavy atom. The summed E-state index contributed by atoms with van der Waals surface area (Å²) in [5, 5.41) is 8.81. The van der Waals surface area contributed by atoms with E-state index >= 15 is 0 Å². The van der Waals surface area contributed by atoms with Gasteiger partial charge in [0, 0.05) is 36.7 Å². The van der Waals surface area contributed by atoms with E-state index in [0.29, 0.717) is 36.8 Å². The molecule has 3 N–H and O–H groups in total. The smallest absolute Gasteiger partial charge is 0.243 e. The summed E-state index contributed by atoms with van der Waals surface area (Å²) in [7, 11) is 1.62. The highest BCUT2D eigenvalue weighted by Gasteiger charge is 2.06. The van der Waals surface area contributed by atoms with Crippen LogP contribution in [0.2, 0.25) is 0 Å². The second-order valence-corrected chi connectivity index (χ2v) is 6.86. The van der Waals surface area contributed by atoms with Crippen LogP contribution < -0.4 is 20.7 Å². The third-order valence-electron chi connectivity index (χ3n) is 4.28. The third-order valence-corrected chi connectivity index (χ3v) is 4.28. The molecule has 2 amide bonds. The van der Waals surface area contributed by atoms with Crippen molar-refractivity contribution >= 4 is 28.9 Å². The Morgan fingerprint density at radius 1 is 0.867 bits per heavy atom. The third kappa shape index (κ3) is 8.96. The first-order valence-electron chi connectivity index (χ1n) is 10.3. The van der Waals surface area contributed by atoms with E-state index in [0.717, 1.165) is 24.9 Å². The van der Waals surface area contributed by atoms with E-state index < -0.39 is 0 Å². The number of methoxy groups -OCH3 is 1. The molecule has 0 bridgehead atoms. The molecule has 0 heterocycles. The lowest BCUT2D eigenvalue weighted by Gasteiger charge is -2.11. The molecule has 0 atom stereocenters. The SMILES string of the molecule is CCCCCC(=O)Nc1cccc(NCC(=O)Nc2cccc(OCCOC)c2)c1. The molecular formula is C23H31N3O4. The maximum Gasteiger partial charge on any atom is 0.243 e. The largest absolute Gasteiger partial charge is 0.491 e. The fourth-order valence-corrected chi connectivity index (χ4v) is 2.76. The fraction of sp³-hybridized carbons (Fsp3) is 0.391. The van der Waals surface area contributed by atoms with Crippen LogP contribution in [0.25, 0.3) is 0 Å². The molecule has 2 aromatic carbocycles. The van der Waals surface area contributed by atoms with Crippen molar-refractivity contribution in [3.05, 3.63) is 48.5 Å². The van der Waals surface area contributed by atoms with Gasteiger partial charge in [0.15, 0.2) is 0 Å². The number of nitrogens with one attached hydrogen (secondary N) is 3. The van der Waals surface area contributed by atoms with Crippen molar-refractivity contribution in [1.82, 2.24) is 0 Å². The topological polar surface area (TPSA) is 88.7 Å². The predicted octanol–water partition coefficient (Wildman–Crippen LogP) is 4.28. The standard InChI is InChI=1S/C23H31N3O4/c1-3-4-5-12-22(27)25-19-9-6-8-18(15-19)24-17-23(28)26-20-10-7-11-21(16-20)30-14-13-29-2/h6-11,15-16,24H,3-5,12-14,17H2,1-2H3,(H,25,27)(H,26,28). The summed E-state index contributed by atoms with van der Waals surface area (Å²) in [4.78, 5) is 24.2. The molecule has 0 aliphatic carbocycles. The molecular weight excluding hydrogens is 382 g/mol. The average molecular weight is 414 g/mol. The van der Waals surface area contributed by atoms with Crippen LogP contribution in [-0.2, 0) is 14.3 Å². The van der Waals surface area contributed by atoms with Gasteiger partial charge in [0.2, 0.25) is 11.8 Å². The van der Waals surface area contributed by atoms with Crippen LogP contribution in [0.4, 0.5) is 17.1 Å². The van der Waals surface area contributed by atoms with Crippen molar-refractivity contribution in [3.63, 3.8) is 0 Å². The highest BCUT2D eigenvalue weighted by Crippen LogP contribution is 2.18. The van der Waals surface area contributed by atoms with E-state index in [2.05, 4.69) is 22.9 Å². The van der Waals surface area contributed by atoms with Gasteiger partial charge in [0.25, 0.3) is 0 Å². The molecule has 7 heteroatoms. The minimum absolute atomic E-state index is 0.00550. The lowest BCUT2D eigenvalue weighted by Crippen LogP contribution is -2.21. The van der Waals surface area contributed by atoms with Gasteiger partial charge in [-0.15, -0.1) is 0 Å². The summed E-state index contributed by atoms with van der Waals surface area (Å²) in [5.74, 6) is 0.490. The van der Waals surface area contributed by atoms with E-state index in [1.807, 2.05) is 36.4 Å². The monoisotopic (exact) mass is 413 g/mol. The highest BCUT2D eigenvalue weighted by molar-refractivity contribution is 5.94. The molecule has 2 aromatic rings. The van der Waals surface area contributed by atoms with Gasteiger partial charge in [0.05, 0.1) is 13.2 Å². The Balaban J connectivity index is 1.80. The summed E-state index contributed by atoms with van der Waals surface area (Å²) in [6.45, 7) is 3.15. The van der Waals surface area contributed by atoms with Gasteiger partial charge < -0.3 is 25.4 Å². The Labute approximate surface area is 178 Å². The van der Waals surface area contributed by atoms with Gasteiger partial charge in [0.1, 0.15) is 12.4 Å². The molecule has 0 unspecified atom stereocenters. The first kappa shape index (κ1) is 23.2. The molecule has 0 saturated carbocycles. The fourth-order valence-electron chi connectivity index (χ4n) is 2.76. The Hall–Kier alpha value is -3.06. The lowest BCUT2D eigenvalue weighted by molar-refractivity contribution is -0.116. The zero-order valence-electron chi connectivity index (χ0n) is 17.7. The molecule has 0 saturated heterocycles. The molecule has 2 rings (SSSR count). The number of hydrogen-bond acceptors (Lipinski definition) is 5.